The van der Waals surface area contributed by atoms with Crippen molar-refractivity contribution in [2.24, 2.45) is 0 Å². The maximum Gasteiger partial charge on any atom is 0.102 e. The fourth-order valence-corrected chi connectivity index (χ4v) is 5.22. The highest BCUT2D eigenvalue weighted by atomic mass is 35.5. The number of nitrogens with zero attached hydrogens (tertiary/aromatic N) is 2. The monoisotopic (exact) mass is 401 g/mol. The third-order valence-corrected chi connectivity index (χ3v) is 6.71. The summed E-state index contributed by atoms with van der Waals surface area (Å²) in [6.45, 7) is 2.06. The molecule has 2 N–H and O–H groups in total. The molecule has 0 radical (unpaired) electrons. The maximum absolute atomic E-state index is 9.81. The largest absolute Gasteiger partial charge is 0.397 e. The second-order valence-corrected chi connectivity index (χ2v) is 8.45. The molecule has 3 aromatic rings. The summed E-state index contributed by atoms with van der Waals surface area (Å²) in [4.78, 5) is 0.968. The van der Waals surface area contributed by atoms with E-state index >= 15 is 0 Å². The van der Waals surface area contributed by atoms with Crippen LogP contribution in [0.2, 0.25) is 5.02 Å². The van der Waals surface area contributed by atoms with Gasteiger partial charge in [-0.05, 0) is 42.2 Å². The van der Waals surface area contributed by atoms with Gasteiger partial charge in [0.15, 0.2) is 0 Å². The summed E-state index contributed by atoms with van der Waals surface area (Å²) in [6, 6.07) is 20.3. The third-order valence-electron chi connectivity index (χ3n) is 5.05. The Morgan fingerprint density at radius 3 is 2.25 bits per heavy atom. The van der Waals surface area contributed by atoms with Crippen molar-refractivity contribution < 1.29 is 0 Å². The summed E-state index contributed by atoms with van der Waals surface area (Å²) in [5.74, 6) is 0. The lowest BCUT2D eigenvalue weighted by Gasteiger charge is -2.15. The van der Waals surface area contributed by atoms with Gasteiger partial charge in [0.2, 0.25) is 0 Å². The normalized spacial score (nSPS) is 14.9. The van der Waals surface area contributed by atoms with Crippen LogP contribution in [0.15, 0.2) is 53.4 Å². The van der Waals surface area contributed by atoms with Gasteiger partial charge >= 0.3 is 0 Å². The lowest BCUT2D eigenvalue weighted by Crippen LogP contribution is -2.03. The molecule has 0 spiro atoms. The van der Waals surface area contributed by atoms with Crippen molar-refractivity contribution in [1.82, 2.24) is 0 Å². The summed E-state index contributed by atoms with van der Waals surface area (Å²) in [7, 11) is 0. The first-order valence-electron chi connectivity index (χ1n) is 8.81. The molecule has 3 aromatic carbocycles. The van der Waals surface area contributed by atoms with Gasteiger partial charge in [0.1, 0.15) is 12.1 Å². The van der Waals surface area contributed by atoms with Crippen molar-refractivity contribution in [1.29, 1.82) is 10.5 Å². The van der Waals surface area contributed by atoms with E-state index in [1.807, 2.05) is 12.1 Å². The van der Waals surface area contributed by atoms with E-state index in [1.54, 1.807) is 23.9 Å². The van der Waals surface area contributed by atoms with Crippen LogP contribution in [-0.4, -0.2) is 0 Å². The highest BCUT2D eigenvalue weighted by Gasteiger charge is 2.32. The molecule has 1 heterocycles. The standard InChI is InChI=1S/C23H16ClN3S/c1-13-2-4-14(5-3-13)20-10-17-18(11-25)22(27)19(12-26)21(23(17)28-20)15-6-8-16(24)9-7-15/h2-9,20H,10,27H2,1H3. The van der Waals surface area contributed by atoms with Crippen molar-refractivity contribution in [2.45, 2.75) is 23.5 Å². The van der Waals surface area contributed by atoms with Gasteiger partial charge < -0.3 is 5.73 Å². The number of nitrogen functional groups attached to an aromatic ring is 1. The van der Waals surface area contributed by atoms with Crippen LogP contribution in [0.5, 0.6) is 0 Å². The number of nitriles is 2. The summed E-state index contributed by atoms with van der Waals surface area (Å²) in [5, 5.41) is 20.3. The van der Waals surface area contributed by atoms with Gasteiger partial charge in [-0.25, -0.2) is 0 Å². The van der Waals surface area contributed by atoms with Gasteiger partial charge in [0, 0.05) is 20.7 Å². The minimum Gasteiger partial charge on any atom is -0.397 e. The molecule has 5 heteroatoms. The average molecular weight is 402 g/mol. The first kappa shape index (κ1) is 18.4. The minimum atomic E-state index is 0.182. The molecule has 0 bridgehead atoms. The van der Waals surface area contributed by atoms with Crippen LogP contribution in [0.25, 0.3) is 11.1 Å². The number of aryl methyl sites for hydroxylation is 1. The molecule has 0 saturated heterocycles. The Kier molecular flexibility index (Phi) is 4.77. The molecule has 1 aliphatic rings. The SMILES string of the molecule is Cc1ccc(C2Cc3c(C#N)c(N)c(C#N)c(-c4ccc(Cl)cc4)c3S2)cc1. The van der Waals surface area contributed by atoms with Crippen molar-refractivity contribution in [2.75, 3.05) is 5.73 Å². The molecule has 1 aliphatic heterocycles. The number of nitrogens with two attached hydrogens (primary N) is 1. The van der Waals surface area contributed by atoms with Crippen LogP contribution in [0.3, 0.4) is 0 Å². The summed E-state index contributed by atoms with van der Waals surface area (Å²) in [5.41, 5.74) is 12.3. The van der Waals surface area contributed by atoms with Crippen LogP contribution >= 0.6 is 23.4 Å². The number of rotatable bonds is 2. The zero-order valence-electron chi connectivity index (χ0n) is 15.2. The van der Waals surface area contributed by atoms with E-state index in [2.05, 4.69) is 43.3 Å². The van der Waals surface area contributed by atoms with E-state index in [-0.39, 0.29) is 10.9 Å². The molecule has 4 rings (SSSR count). The Hall–Kier alpha value is -2.92. The van der Waals surface area contributed by atoms with Gasteiger partial charge in [0.05, 0.1) is 16.8 Å². The predicted octanol–water partition coefficient (Wildman–Crippen LogP) is 6.03. The molecule has 28 heavy (non-hydrogen) atoms. The molecular weight excluding hydrogens is 386 g/mol. The van der Waals surface area contributed by atoms with Gasteiger partial charge in [-0.1, -0.05) is 53.6 Å². The van der Waals surface area contributed by atoms with Gasteiger partial charge in [-0.15, -0.1) is 11.8 Å². The Morgan fingerprint density at radius 2 is 1.64 bits per heavy atom. The molecule has 0 amide bonds. The topological polar surface area (TPSA) is 73.6 Å². The van der Waals surface area contributed by atoms with Crippen molar-refractivity contribution in [3.63, 3.8) is 0 Å². The maximum atomic E-state index is 9.81. The van der Waals surface area contributed by atoms with Crippen molar-refractivity contribution >= 4 is 29.1 Å². The van der Waals surface area contributed by atoms with Crippen LogP contribution < -0.4 is 5.73 Å². The average Bonchev–Trinajstić information content (AvgIpc) is 3.13. The fraction of sp³-hybridized carbons (Fsp3) is 0.130. The van der Waals surface area contributed by atoms with Crippen LogP contribution in [-0.2, 0) is 6.42 Å². The predicted molar refractivity (Wildman–Crippen MR) is 114 cm³/mol. The third kappa shape index (κ3) is 3.02. The van der Waals surface area contributed by atoms with Gasteiger partial charge in [-0.2, -0.15) is 10.5 Å². The molecule has 0 aromatic heterocycles. The molecule has 0 aliphatic carbocycles. The number of hydrogen-bond donors (Lipinski definition) is 1. The van der Waals surface area contributed by atoms with E-state index in [0.717, 1.165) is 21.6 Å². The van der Waals surface area contributed by atoms with Crippen molar-refractivity contribution in [3.8, 4) is 23.3 Å². The first-order chi connectivity index (χ1) is 13.5. The van der Waals surface area contributed by atoms with E-state index < -0.39 is 0 Å². The van der Waals surface area contributed by atoms with Crippen LogP contribution in [0.4, 0.5) is 5.69 Å². The summed E-state index contributed by atoms with van der Waals surface area (Å²) >= 11 is 7.74. The number of anilines is 1. The lowest BCUT2D eigenvalue weighted by molar-refractivity contribution is 0.945. The van der Waals surface area contributed by atoms with E-state index in [9.17, 15) is 10.5 Å². The molecule has 1 atom stereocenters. The number of thioether (sulfide) groups is 1. The molecular formula is C23H16ClN3S. The zero-order valence-corrected chi connectivity index (χ0v) is 16.7. The highest BCUT2D eigenvalue weighted by molar-refractivity contribution is 8.00. The van der Waals surface area contributed by atoms with Crippen molar-refractivity contribution in [3.05, 3.63) is 81.4 Å². The number of halogens is 1. The van der Waals surface area contributed by atoms with Crippen LogP contribution in [0.1, 0.15) is 33.1 Å². The lowest BCUT2D eigenvalue weighted by atomic mass is 9.90. The van der Waals surface area contributed by atoms with E-state index in [0.29, 0.717) is 22.6 Å². The first-order valence-corrected chi connectivity index (χ1v) is 10.1. The van der Waals surface area contributed by atoms with E-state index in [4.69, 9.17) is 17.3 Å². The Morgan fingerprint density at radius 1 is 1.00 bits per heavy atom. The Labute approximate surface area is 173 Å². The van der Waals surface area contributed by atoms with Gasteiger partial charge in [0.25, 0.3) is 0 Å². The number of fused-ring (bicyclic) bond motifs is 1. The second-order valence-electron chi connectivity index (χ2n) is 6.80. The van der Waals surface area contributed by atoms with Crippen LogP contribution in [0, 0.1) is 29.6 Å². The molecule has 0 fully saturated rings. The molecule has 136 valence electrons. The highest BCUT2D eigenvalue weighted by Crippen LogP contribution is 2.54. The molecule has 1 unspecified atom stereocenters. The fourth-order valence-electron chi connectivity index (χ4n) is 3.60. The van der Waals surface area contributed by atoms with E-state index in [1.165, 1.54) is 11.1 Å². The summed E-state index contributed by atoms with van der Waals surface area (Å²) in [6.07, 6.45) is 0.711. The minimum absolute atomic E-state index is 0.182. The smallest absolute Gasteiger partial charge is 0.102 e. The van der Waals surface area contributed by atoms with Gasteiger partial charge in [-0.3, -0.25) is 0 Å². The number of hydrogen-bond acceptors (Lipinski definition) is 4. The second kappa shape index (κ2) is 7.24. The quantitative estimate of drug-likeness (QED) is 0.532. The Bertz CT molecular complexity index is 1150. The Balaban J connectivity index is 1.93. The molecule has 3 nitrogen and oxygen atoms in total. The zero-order chi connectivity index (χ0) is 19.8. The summed E-state index contributed by atoms with van der Waals surface area (Å²) < 4.78 is 0. The number of benzene rings is 3. The molecule has 0 saturated carbocycles.